The lowest BCUT2D eigenvalue weighted by Crippen LogP contribution is -1.94. The summed E-state index contributed by atoms with van der Waals surface area (Å²) >= 11 is 13.5. The molecule has 0 amide bonds. The quantitative estimate of drug-likeness (QED) is 0.174. The Morgan fingerprint density at radius 2 is 1.67 bits per heavy atom. The molecule has 0 saturated carbocycles. The highest BCUT2D eigenvalue weighted by molar-refractivity contribution is 7.18. The molecule has 9 heteroatoms. The number of hydrogen-bond acceptors (Lipinski definition) is 6. The molecule has 1 heterocycles. The molecule has 1 aromatic heterocycles. The average molecular weight is 542 g/mol. The minimum absolute atomic E-state index is 0.245. The first-order chi connectivity index (χ1) is 17.5. The Labute approximate surface area is 223 Å². The number of nitrogens with zero attached hydrogens (tertiary/aromatic N) is 2. The molecule has 0 spiro atoms. The number of carbonyl (C=O) groups is 1. The molecule has 0 atom stereocenters. The Morgan fingerprint density at radius 3 is 2.47 bits per heavy atom. The number of ether oxygens (including phenoxy) is 1. The third-order valence-corrected chi connectivity index (χ3v) is 7.04. The summed E-state index contributed by atoms with van der Waals surface area (Å²) in [5.41, 5.74) is 2.89. The third-order valence-electron chi connectivity index (χ3n) is 5.42. The van der Waals surface area contributed by atoms with Crippen LogP contribution < -0.4 is 10.1 Å². The summed E-state index contributed by atoms with van der Waals surface area (Å²) < 4.78 is 6.13. The predicted molar refractivity (Wildman–Crippen MR) is 146 cm³/mol. The molecule has 0 aliphatic heterocycles. The van der Waals surface area contributed by atoms with Crippen LogP contribution in [0.5, 0.6) is 11.5 Å². The summed E-state index contributed by atoms with van der Waals surface area (Å²) in [6.07, 6.45) is 4.89. The van der Waals surface area contributed by atoms with Crippen molar-refractivity contribution in [3.8, 4) is 22.1 Å². The van der Waals surface area contributed by atoms with Gasteiger partial charge in [0.15, 0.2) is 0 Å². The van der Waals surface area contributed by atoms with E-state index >= 15 is 0 Å². The smallest absolute Gasteiger partial charge is 0.303 e. The zero-order valence-electron chi connectivity index (χ0n) is 19.4. The van der Waals surface area contributed by atoms with E-state index in [9.17, 15) is 4.79 Å². The summed E-state index contributed by atoms with van der Waals surface area (Å²) in [5.74, 6) is 0.762. The van der Waals surface area contributed by atoms with Gasteiger partial charge < -0.3 is 15.2 Å². The Hall–Kier alpha value is -3.13. The molecular weight excluding hydrogens is 517 g/mol. The van der Waals surface area contributed by atoms with Gasteiger partial charge in [0, 0.05) is 17.7 Å². The van der Waals surface area contributed by atoms with Crippen molar-refractivity contribution in [1.82, 2.24) is 10.2 Å². The normalized spacial score (nSPS) is 10.8. The maximum Gasteiger partial charge on any atom is 0.303 e. The van der Waals surface area contributed by atoms with Crippen LogP contribution >= 0.6 is 34.5 Å². The number of halogens is 2. The molecule has 0 aliphatic rings. The number of hydrogen-bond donors (Lipinski definition) is 2. The standard InChI is InChI=1S/C27H25Cl2N3O3S/c28-23-14-13-20(17-24(23)29)30-27-32-31-26(36-27)19-9-6-11-22(16-19)35-21-10-5-8-18(15-21)7-3-1-2-4-12-25(33)34/h5-6,8-11,13-17H,1-4,7,12H2,(H,30,32)(H,33,34). The van der Waals surface area contributed by atoms with Gasteiger partial charge in [0.2, 0.25) is 5.13 Å². The van der Waals surface area contributed by atoms with E-state index in [4.69, 9.17) is 33.0 Å². The first kappa shape index (κ1) is 25.9. The largest absolute Gasteiger partial charge is 0.481 e. The van der Waals surface area contributed by atoms with E-state index < -0.39 is 5.97 Å². The lowest BCUT2D eigenvalue weighted by atomic mass is 10.1. The fourth-order valence-electron chi connectivity index (χ4n) is 3.64. The fraction of sp³-hybridized carbons (Fsp3) is 0.222. The van der Waals surface area contributed by atoms with Crippen molar-refractivity contribution in [3.63, 3.8) is 0 Å². The highest BCUT2D eigenvalue weighted by atomic mass is 35.5. The molecule has 0 saturated heterocycles. The molecule has 0 bridgehead atoms. The van der Waals surface area contributed by atoms with E-state index in [2.05, 4.69) is 21.6 Å². The Kier molecular flexibility index (Phi) is 9.17. The highest BCUT2D eigenvalue weighted by Crippen LogP contribution is 2.33. The monoisotopic (exact) mass is 541 g/mol. The third kappa shape index (κ3) is 7.68. The maximum absolute atomic E-state index is 10.6. The fourth-order valence-corrected chi connectivity index (χ4v) is 4.70. The molecule has 0 fully saturated rings. The van der Waals surface area contributed by atoms with Crippen molar-refractivity contribution < 1.29 is 14.6 Å². The van der Waals surface area contributed by atoms with E-state index in [1.807, 2.05) is 48.5 Å². The Morgan fingerprint density at radius 1 is 0.889 bits per heavy atom. The second-order valence-electron chi connectivity index (χ2n) is 8.25. The number of benzene rings is 3. The van der Waals surface area contributed by atoms with Crippen LogP contribution in [0.3, 0.4) is 0 Å². The van der Waals surface area contributed by atoms with Gasteiger partial charge in [-0.1, -0.05) is 71.6 Å². The molecule has 6 nitrogen and oxygen atoms in total. The number of aryl methyl sites for hydroxylation is 1. The van der Waals surface area contributed by atoms with Crippen molar-refractivity contribution in [1.29, 1.82) is 0 Å². The predicted octanol–water partition coefficient (Wildman–Crippen LogP) is 8.63. The summed E-state index contributed by atoms with van der Waals surface area (Å²) in [6, 6.07) is 21.1. The summed E-state index contributed by atoms with van der Waals surface area (Å²) in [4.78, 5) is 10.6. The van der Waals surface area contributed by atoms with Gasteiger partial charge in [0.05, 0.1) is 10.0 Å². The number of anilines is 2. The number of aliphatic carboxylic acids is 1. The van der Waals surface area contributed by atoms with Crippen LogP contribution in [-0.4, -0.2) is 21.3 Å². The second kappa shape index (κ2) is 12.7. The highest BCUT2D eigenvalue weighted by Gasteiger charge is 2.10. The molecular formula is C27H25Cl2N3O3S. The molecule has 4 aromatic rings. The van der Waals surface area contributed by atoms with Crippen molar-refractivity contribution in [2.24, 2.45) is 0 Å². The number of carboxylic acid groups (broad SMARTS) is 1. The van der Waals surface area contributed by atoms with Gasteiger partial charge in [0.1, 0.15) is 16.5 Å². The van der Waals surface area contributed by atoms with Crippen LogP contribution in [0, 0.1) is 0 Å². The average Bonchev–Trinajstić information content (AvgIpc) is 3.32. The number of nitrogens with one attached hydrogen (secondary N) is 1. The minimum Gasteiger partial charge on any atom is -0.481 e. The van der Waals surface area contributed by atoms with Gasteiger partial charge in [-0.05, 0) is 67.3 Å². The lowest BCUT2D eigenvalue weighted by Gasteiger charge is -2.09. The Balaban J connectivity index is 1.35. The number of unbranched alkanes of at least 4 members (excludes halogenated alkanes) is 3. The van der Waals surface area contributed by atoms with E-state index in [-0.39, 0.29) is 6.42 Å². The first-order valence-corrected chi connectivity index (χ1v) is 13.2. The van der Waals surface area contributed by atoms with Crippen molar-refractivity contribution in [2.45, 2.75) is 38.5 Å². The number of carboxylic acids is 1. The first-order valence-electron chi connectivity index (χ1n) is 11.6. The van der Waals surface area contributed by atoms with Crippen LogP contribution in [0.4, 0.5) is 10.8 Å². The Bertz CT molecular complexity index is 1330. The van der Waals surface area contributed by atoms with E-state index in [0.29, 0.717) is 20.9 Å². The molecule has 3 aromatic carbocycles. The van der Waals surface area contributed by atoms with Crippen LogP contribution in [0.1, 0.15) is 37.7 Å². The minimum atomic E-state index is -0.726. The number of rotatable bonds is 12. The lowest BCUT2D eigenvalue weighted by molar-refractivity contribution is -0.137. The van der Waals surface area contributed by atoms with E-state index in [0.717, 1.165) is 54.1 Å². The zero-order valence-corrected chi connectivity index (χ0v) is 21.7. The zero-order chi connectivity index (χ0) is 25.3. The summed E-state index contributed by atoms with van der Waals surface area (Å²) in [7, 11) is 0. The van der Waals surface area contributed by atoms with Crippen LogP contribution in [0.15, 0.2) is 66.7 Å². The molecule has 0 aliphatic carbocycles. The SMILES string of the molecule is O=C(O)CCCCCCc1cccc(Oc2cccc(-c3nnc(Nc4ccc(Cl)c(Cl)c4)s3)c2)c1. The molecule has 0 unspecified atom stereocenters. The molecule has 0 radical (unpaired) electrons. The molecule has 4 rings (SSSR count). The molecule has 186 valence electrons. The van der Waals surface area contributed by atoms with E-state index in [1.165, 1.54) is 16.9 Å². The summed E-state index contributed by atoms with van der Waals surface area (Å²) in [5, 5.41) is 22.8. The van der Waals surface area contributed by atoms with Crippen LogP contribution in [-0.2, 0) is 11.2 Å². The van der Waals surface area contributed by atoms with Crippen LogP contribution in [0.2, 0.25) is 10.0 Å². The van der Waals surface area contributed by atoms with Crippen molar-refractivity contribution in [2.75, 3.05) is 5.32 Å². The molecule has 2 N–H and O–H groups in total. The van der Waals surface area contributed by atoms with Gasteiger partial charge >= 0.3 is 5.97 Å². The van der Waals surface area contributed by atoms with Gasteiger partial charge in [0.25, 0.3) is 0 Å². The van der Waals surface area contributed by atoms with Crippen molar-refractivity contribution in [3.05, 3.63) is 82.3 Å². The second-order valence-corrected chi connectivity index (χ2v) is 10.0. The van der Waals surface area contributed by atoms with Gasteiger partial charge in [-0.25, -0.2) is 0 Å². The van der Waals surface area contributed by atoms with Crippen molar-refractivity contribution >= 4 is 51.3 Å². The van der Waals surface area contributed by atoms with Gasteiger partial charge in [-0.2, -0.15) is 0 Å². The number of aromatic nitrogens is 2. The molecule has 36 heavy (non-hydrogen) atoms. The summed E-state index contributed by atoms with van der Waals surface area (Å²) in [6.45, 7) is 0. The van der Waals surface area contributed by atoms with Crippen LogP contribution in [0.25, 0.3) is 10.6 Å². The maximum atomic E-state index is 10.6. The topological polar surface area (TPSA) is 84.3 Å². The van der Waals surface area contributed by atoms with Gasteiger partial charge in [-0.3, -0.25) is 4.79 Å². The van der Waals surface area contributed by atoms with E-state index in [1.54, 1.807) is 12.1 Å². The van der Waals surface area contributed by atoms with Gasteiger partial charge in [-0.15, -0.1) is 10.2 Å².